The average molecular weight is 354 g/mol. The molecule has 1 N–H and O–H groups in total. The molecule has 0 unspecified atom stereocenters. The second-order valence-corrected chi connectivity index (χ2v) is 6.34. The summed E-state index contributed by atoms with van der Waals surface area (Å²) in [6.45, 7) is 10.2. The van der Waals surface area contributed by atoms with Crippen molar-refractivity contribution in [2.75, 3.05) is 25.0 Å². The van der Waals surface area contributed by atoms with Crippen LogP contribution in [0.2, 0.25) is 0 Å². The largest absolute Gasteiger partial charge is 0.494 e. The van der Waals surface area contributed by atoms with Gasteiger partial charge >= 0.3 is 0 Å². The summed E-state index contributed by atoms with van der Waals surface area (Å²) in [6.07, 6.45) is 2.14. The first-order valence-electron chi connectivity index (χ1n) is 9.51. The Bertz CT molecular complexity index is 662. The summed E-state index contributed by atoms with van der Waals surface area (Å²) in [5.74, 6) is 0.692. The Balaban J connectivity index is 1.90. The molecule has 2 aromatic carbocycles. The van der Waals surface area contributed by atoms with Crippen molar-refractivity contribution >= 4 is 11.6 Å². The third-order valence-electron chi connectivity index (χ3n) is 4.40. The number of anilines is 1. The fraction of sp³-hybridized carbons (Fsp3) is 0.409. The number of amides is 1. The van der Waals surface area contributed by atoms with Gasteiger partial charge in [0.25, 0.3) is 5.91 Å². The van der Waals surface area contributed by atoms with Gasteiger partial charge in [-0.1, -0.05) is 39.3 Å². The van der Waals surface area contributed by atoms with Gasteiger partial charge in [-0.25, -0.2) is 0 Å². The molecule has 4 heteroatoms. The van der Waals surface area contributed by atoms with Crippen molar-refractivity contribution in [3.05, 3.63) is 59.7 Å². The highest BCUT2D eigenvalue weighted by Gasteiger charge is 2.07. The predicted octanol–water partition coefficient (Wildman–Crippen LogP) is 4.96. The van der Waals surface area contributed by atoms with Crippen molar-refractivity contribution in [2.45, 2.75) is 40.2 Å². The minimum atomic E-state index is -0.110. The van der Waals surface area contributed by atoms with E-state index >= 15 is 0 Å². The first kappa shape index (κ1) is 20.0. The minimum Gasteiger partial charge on any atom is -0.494 e. The number of unbranched alkanes of at least 4 members (excludes halogenated alkanes) is 1. The Morgan fingerprint density at radius 1 is 0.962 bits per heavy atom. The summed E-state index contributed by atoms with van der Waals surface area (Å²) in [5.41, 5.74) is 2.68. The molecule has 0 spiro atoms. The van der Waals surface area contributed by atoms with Gasteiger partial charge in [-0.2, -0.15) is 0 Å². The van der Waals surface area contributed by atoms with Crippen LogP contribution in [0.3, 0.4) is 0 Å². The van der Waals surface area contributed by atoms with Crippen LogP contribution in [-0.4, -0.2) is 30.5 Å². The molecule has 140 valence electrons. The molecule has 1 amide bonds. The maximum Gasteiger partial charge on any atom is 0.255 e. The summed E-state index contributed by atoms with van der Waals surface area (Å²) in [5, 5.41) is 2.95. The summed E-state index contributed by atoms with van der Waals surface area (Å²) in [4.78, 5) is 14.7. The molecule has 2 aromatic rings. The summed E-state index contributed by atoms with van der Waals surface area (Å²) < 4.78 is 5.63. The molecule has 0 bridgehead atoms. The van der Waals surface area contributed by atoms with Crippen LogP contribution in [0.1, 0.15) is 49.5 Å². The van der Waals surface area contributed by atoms with E-state index in [0.717, 1.165) is 43.9 Å². The Kier molecular flexibility index (Phi) is 8.16. The van der Waals surface area contributed by atoms with Crippen LogP contribution < -0.4 is 10.1 Å². The topological polar surface area (TPSA) is 41.6 Å². The fourth-order valence-corrected chi connectivity index (χ4v) is 2.64. The highest BCUT2D eigenvalue weighted by Crippen LogP contribution is 2.16. The van der Waals surface area contributed by atoms with Crippen LogP contribution in [-0.2, 0) is 6.54 Å². The second-order valence-electron chi connectivity index (χ2n) is 6.34. The zero-order valence-corrected chi connectivity index (χ0v) is 16.1. The Morgan fingerprint density at radius 2 is 1.62 bits per heavy atom. The Hall–Kier alpha value is -2.33. The van der Waals surface area contributed by atoms with E-state index in [1.807, 2.05) is 24.3 Å². The summed E-state index contributed by atoms with van der Waals surface area (Å²) >= 11 is 0. The van der Waals surface area contributed by atoms with Gasteiger partial charge < -0.3 is 10.1 Å². The van der Waals surface area contributed by atoms with Gasteiger partial charge in [0, 0.05) is 17.8 Å². The Morgan fingerprint density at radius 3 is 2.19 bits per heavy atom. The molecule has 0 saturated heterocycles. The lowest BCUT2D eigenvalue weighted by molar-refractivity contribution is 0.102. The fourth-order valence-electron chi connectivity index (χ4n) is 2.64. The lowest BCUT2D eigenvalue weighted by atomic mass is 10.1. The number of carbonyl (C=O) groups excluding carboxylic acids is 1. The van der Waals surface area contributed by atoms with Crippen molar-refractivity contribution in [3.63, 3.8) is 0 Å². The van der Waals surface area contributed by atoms with E-state index in [1.165, 1.54) is 5.56 Å². The van der Waals surface area contributed by atoms with Gasteiger partial charge in [0.1, 0.15) is 5.75 Å². The van der Waals surface area contributed by atoms with E-state index in [9.17, 15) is 4.79 Å². The number of benzene rings is 2. The number of hydrogen-bond acceptors (Lipinski definition) is 3. The third kappa shape index (κ3) is 6.19. The monoisotopic (exact) mass is 354 g/mol. The van der Waals surface area contributed by atoms with Gasteiger partial charge in [0.2, 0.25) is 0 Å². The molecule has 0 aliphatic carbocycles. The molecular formula is C22H30N2O2. The van der Waals surface area contributed by atoms with E-state index in [4.69, 9.17) is 4.74 Å². The number of ether oxygens (including phenoxy) is 1. The molecule has 0 aromatic heterocycles. The lowest BCUT2D eigenvalue weighted by Crippen LogP contribution is -2.22. The molecule has 0 heterocycles. The molecule has 0 atom stereocenters. The van der Waals surface area contributed by atoms with Gasteiger partial charge in [-0.3, -0.25) is 9.69 Å². The van der Waals surface area contributed by atoms with Crippen molar-refractivity contribution in [2.24, 2.45) is 0 Å². The van der Waals surface area contributed by atoms with E-state index < -0.39 is 0 Å². The van der Waals surface area contributed by atoms with E-state index in [-0.39, 0.29) is 5.91 Å². The van der Waals surface area contributed by atoms with Gasteiger partial charge in [-0.05, 0) is 61.5 Å². The van der Waals surface area contributed by atoms with E-state index in [2.05, 4.69) is 43.1 Å². The van der Waals surface area contributed by atoms with Gasteiger partial charge in [-0.15, -0.1) is 0 Å². The van der Waals surface area contributed by atoms with Crippen LogP contribution in [0.25, 0.3) is 0 Å². The smallest absolute Gasteiger partial charge is 0.255 e. The first-order chi connectivity index (χ1) is 12.7. The standard InChI is InChI=1S/C22H30N2O2/c1-4-7-16-26-21-14-10-19(11-15-21)22(25)23-20-12-8-18(9-13-20)17-24(5-2)6-3/h8-15H,4-7,16-17H2,1-3H3,(H,23,25). The van der Waals surface area contributed by atoms with Gasteiger partial charge in [0.15, 0.2) is 0 Å². The number of hydrogen-bond donors (Lipinski definition) is 1. The van der Waals surface area contributed by atoms with Crippen LogP contribution in [0.15, 0.2) is 48.5 Å². The van der Waals surface area contributed by atoms with Crippen LogP contribution in [0.4, 0.5) is 5.69 Å². The Labute approximate surface area is 157 Å². The maximum atomic E-state index is 12.4. The number of rotatable bonds is 10. The van der Waals surface area contributed by atoms with Crippen molar-refractivity contribution in [3.8, 4) is 5.75 Å². The molecule has 26 heavy (non-hydrogen) atoms. The highest BCUT2D eigenvalue weighted by atomic mass is 16.5. The van der Waals surface area contributed by atoms with E-state index in [1.54, 1.807) is 12.1 Å². The first-order valence-corrected chi connectivity index (χ1v) is 9.51. The second kappa shape index (κ2) is 10.6. The normalized spacial score (nSPS) is 10.8. The molecule has 0 radical (unpaired) electrons. The molecule has 0 aliphatic heterocycles. The maximum absolute atomic E-state index is 12.4. The van der Waals surface area contributed by atoms with Crippen LogP contribution in [0, 0.1) is 0 Å². The van der Waals surface area contributed by atoms with Crippen molar-refractivity contribution in [1.82, 2.24) is 4.90 Å². The molecule has 4 nitrogen and oxygen atoms in total. The molecule has 2 rings (SSSR count). The summed E-state index contributed by atoms with van der Waals surface area (Å²) in [6, 6.07) is 15.3. The van der Waals surface area contributed by atoms with Crippen molar-refractivity contribution < 1.29 is 9.53 Å². The molecular weight excluding hydrogens is 324 g/mol. The third-order valence-corrected chi connectivity index (χ3v) is 4.40. The quantitative estimate of drug-likeness (QED) is 0.613. The number of carbonyl (C=O) groups is 1. The molecule has 0 saturated carbocycles. The van der Waals surface area contributed by atoms with Crippen LogP contribution >= 0.6 is 0 Å². The lowest BCUT2D eigenvalue weighted by Gasteiger charge is -2.18. The zero-order chi connectivity index (χ0) is 18.8. The average Bonchev–Trinajstić information content (AvgIpc) is 2.68. The highest BCUT2D eigenvalue weighted by molar-refractivity contribution is 6.04. The SMILES string of the molecule is CCCCOc1ccc(C(=O)Nc2ccc(CN(CC)CC)cc2)cc1. The number of nitrogens with one attached hydrogen (secondary N) is 1. The van der Waals surface area contributed by atoms with Crippen LogP contribution in [0.5, 0.6) is 5.75 Å². The summed E-state index contributed by atoms with van der Waals surface area (Å²) in [7, 11) is 0. The minimum absolute atomic E-state index is 0.110. The predicted molar refractivity (Wildman–Crippen MR) is 108 cm³/mol. The van der Waals surface area contributed by atoms with Gasteiger partial charge in [0.05, 0.1) is 6.61 Å². The zero-order valence-electron chi connectivity index (χ0n) is 16.1. The molecule has 0 aliphatic rings. The van der Waals surface area contributed by atoms with Crippen molar-refractivity contribution in [1.29, 1.82) is 0 Å². The van der Waals surface area contributed by atoms with E-state index in [0.29, 0.717) is 12.2 Å². The molecule has 0 fully saturated rings. The number of nitrogens with zero attached hydrogens (tertiary/aromatic N) is 1.